The molecule has 0 saturated carbocycles. The van der Waals surface area contributed by atoms with Gasteiger partial charge in [0.2, 0.25) is 5.91 Å². The van der Waals surface area contributed by atoms with Crippen LogP contribution in [0.5, 0.6) is 0 Å². The SMILES string of the molecule is CC(C)(F)c1nc([C@@H]2CCCN2C(=O)C[C@H](N)Cc2cc(F)c(F)cc2F)no1.O=CO. The Hall–Kier alpha value is -3.02. The lowest BCUT2D eigenvalue weighted by atomic mass is 10.0. The van der Waals surface area contributed by atoms with Crippen LogP contribution in [0.3, 0.4) is 0 Å². The van der Waals surface area contributed by atoms with Crippen LogP contribution in [0.1, 0.15) is 56.4 Å². The van der Waals surface area contributed by atoms with Gasteiger partial charge in [-0.15, -0.1) is 0 Å². The molecule has 0 radical (unpaired) electrons. The molecule has 32 heavy (non-hydrogen) atoms. The van der Waals surface area contributed by atoms with Crippen LogP contribution in [0.25, 0.3) is 0 Å². The number of amides is 1. The van der Waals surface area contributed by atoms with Gasteiger partial charge in [0.25, 0.3) is 12.4 Å². The fourth-order valence-corrected chi connectivity index (χ4v) is 3.36. The number of nitrogens with two attached hydrogens (primary N) is 1. The van der Waals surface area contributed by atoms with E-state index in [-0.39, 0.29) is 42.5 Å². The zero-order valence-electron chi connectivity index (χ0n) is 17.5. The van der Waals surface area contributed by atoms with Gasteiger partial charge in [0.05, 0.1) is 6.04 Å². The maximum absolute atomic E-state index is 14.0. The third-order valence-corrected chi connectivity index (χ3v) is 4.83. The number of nitrogens with zero attached hydrogens (tertiary/aromatic N) is 3. The highest BCUT2D eigenvalue weighted by Crippen LogP contribution is 2.33. The van der Waals surface area contributed by atoms with E-state index in [1.165, 1.54) is 18.7 Å². The number of rotatable bonds is 6. The molecule has 1 aliphatic rings. The number of halogens is 4. The average molecular weight is 460 g/mol. The van der Waals surface area contributed by atoms with E-state index in [0.29, 0.717) is 25.5 Å². The topological polar surface area (TPSA) is 123 Å². The molecule has 176 valence electrons. The third-order valence-electron chi connectivity index (χ3n) is 4.83. The zero-order valence-corrected chi connectivity index (χ0v) is 17.5. The Balaban J connectivity index is 0.00000114. The lowest BCUT2D eigenvalue weighted by Crippen LogP contribution is -2.37. The molecule has 0 bridgehead atoms. The van der Waals surface area contributed by atoms with E-state index in [1.54, 1.807) is 0 Å². The molecule has 3 rings (SSSR count). The Morgan fingerprint density at radius 3 is 2.56 bits per heavy atom. The number of hydrogen-bond acceptors (Lipinski definition) is 6. The van der Waals surface area contributed by atoms with Crippen LogP contribution in [-0.4, -0.2) is 45.1 Å². The molecule has 1 fully saturated rings. The van der Waals surface area contributed by atoms with Gasteiger partial charge in [-0.2, -0.15) is 4.98 Å². The highest BCUT2D eigenvalue weighted by Gasteiger charge is 2.36. The van der Waals surface area contributed by atoms with Crippen LogP contribution in [0.15, 0.2) is 16.7 Å². The van der Waals surface area contributed by atoms with Crippen molar-refractivity contribution in [2.45, 2.75) is 57.3 Å². The first-order valence-electron chi connectivity index (χ1n) is 9.77. The van der Waals surface area contributed by atoms with Crippen molar-refractivity contribution < 1.29 is 36.8 Å². The molecule has 1 amide bonds. The highest BCUT2D eigenvalue weighted by atomic mass is 19.2. The maximum atomic E-state index is 14.0. The Kier molecular flexibility index (Phi) is 8.31. The number of carbonyl (C=O) groups is 2. The Labute approximate surface area is 181 Å². The molecule has 8 nitrogen and oxygen atoms in total. The molecule has 2 heterocycles. The van der Waals surface area contributed by atoms with E-state index in [1.807, 2.05) is 0 Å². The van der Waals surface area contributed by atoms with E-state index in [2.05, 4.69) is 10.1 Å². The van der Waals surface area contributed by atoms with E-state index in [0.717, 1.165) is 6.07 Å². The molecular formula is C20H24F4N4O4. The molecule has 12 heteroatoms. The number of alkyl halides is 1. The fraction of sp³-hybridized carbons (Fsp3) is 0.500. The second kappa shape index (κ2) is 10.5. The second-order valence-corrected chi connectivity index (χ2v) is 7.81. The van der Waals surface area contributed by atoms with Crippen molar-refractivity contribution in [2.24, 2.45) is 5.73 Å². The van der Waals surface area contributed by atoms with Gasteiger partial charge in [0.15, 0.2) is 23.1 Å². The maximum Gasteiger partial charge on any atom is 0.290 e. The standard InChI is InChI=1S/C19H22F4N4O2.CH2O2/c1-19(2,23)18-25-17(26-29-18)15-4-3-5-27(15)16(28)8-11(24)6-10-7-13(21)14(22)9-12(10)20;2-1-3/h7,9,11,15H,3-6,8,24H2,1-2H3;1H,(H,2,3)/t11-,15+;/m1./s1. The van der Waals surface area contributed by atoms with Crippen molar-refractivity contribution in [3.63, 3.8) is 0 Å². The summed E-state index contributed by atoms with van der Waals surface area (Å²) in [5.41, 5.74) is 4.05. The van der Waals surface area contributed by atoms with Crippen molar-refractivity contribution in [3.8, 4) is 0 Å². The number of likely N-dealkylation sites (tertiary alicyclic amines) is 1. The van der Waals surface area contributed by atoms with E-state index < -0.39 is 35.2 Å². The summed E-state index contributed by atoms with van der Waals surface area (Å²) in [6.45, 7) is 2.77. The largest absolute Gasteiger partial charge is 0.483 e. The van der Waals surface area contributed by atoms with Crippen LogP contribution < -0.4 is 5.73 Å². The molecular weight excluding hydrogens is 436 g/mol. The van der Waals surface area contributed by atoms with Crippen LogP contribution >= 0.6 is 0 Å². The monoisotopic (exact) mass is 460 g/mol. The summed E-state index contributed by atoms with van der Waals surface area (Å²) in [5.74, 6) is -3.64. The number of carbonyl (C=O) groups excluding carboxylic acids is 1. The van der Waals surface area contributed by atoms with Crippen LogP contribution in [-0.2, 0) is 21.7 Å². The molecule has 1 aliphatic heterocycles. The summed E-state index contributed by atoms with van der Waals surface area (Å²) < 4.78 is 59.1. The Morgan fingerprint density at radius 2 is 1.97 bits per heavy atom. The molecule has 0 aliphatic carbocycles. The first kappa shape index (κ1) is 25.2. The minimum Gasteiger partial charge on any atom is -0.483 e. The molecule has 1 saturated heterocycles. The summed E-state index contributed by atoms with van der Waals surface area (Å²) in [5, 5.41) is 10.7. The fourth-order valence-electron chi connectivity index (χ4n) is 3.36. The summed E-state index contributed by atoms with van der Waals surface area (Å²) in [4.78, 5) is 26.7. The normalized spacial score (nSPS) is 17.0. The van der Waals surface area contributed by atoms with Crippen molar-refractivity contribution in [1.82, 2.24) is 15.0 Å². The lowest BCUT2D eigenvalue weighted by Gasteiger charge is -2.24. The smallest absolute Gasteiger partial charge is 0.290 e. The van der Waals surface area contributed by atoms with Crippen LogP contribution in [0.4, 0.5) is 17.6 Å². The predicted molar refractivity (Wildman–Crippen MR) is 103 cm³/mol. The van der Waals surface area contributed by atoms with E-state index >= 15 is 0 Å². The number of aromatic nitrogens is 2. The van der Waals surface area contributed by atoms with Gasteiger partial charge in [0, 0.05) is 25.1 Å². The van der Waals surface area contributed by atoms with Crippen LogP contribution in [0, 0.1) is 17.5 Å². The number of benzene rings is 1. The van der Waals surface area contributed by atoms with Crippen molar-refractivity contribution in [2.75, 3.05) is 6.54 Å². The number of carboxylic acid groups (broad SMARTS) is 1. The summed E-state index contributed by atoms with van der Waals surface area (Å²) in [7, 11) is 0. The molecule has 1 aromatic heterocycles. The van der Waals surface area contributed by atoms with Crippen molar-refractivity contribution >= 4 is 12.4 Å². The minimum absolute atomic E-state index is 0.102. The molecule has 2 atom stereocenters. The Bertz CT molecular complexity index is 948. The molecule has 0 unspecified atom stereocenters. The third kappa shape index (κ3) is 6.25. The first-order chi connectivity index (χ1) is 15.0. The van der Waals surface area contributed by atoms with Gasteiger partial charge >= 0.3 is 0 Å². The highest BCUT2D eigenvalue weighted by molar-refractivity contribution is 5.77. The van der Waals surface area contributed by atoms with E-state index in [4.69, 9.17) is 20.2 Å². The van der Waals surface area contributed by atoms with Gasteiger partial charge in [-0.25, -0.2) is 17.6 Å². The minimum atomic E-state index is -1.80. The number of hydrogen-bond donors (Lipinski definition) is 2. The summed E-state index contributed by atoms with van der Waals surface area (Å²) >= 11 is 0. The van der Waals surface area contributed by atoms with E-state index in [9.17, 15) is 22.4 Å². The first-order valence-corrected chi connectivity index (χ1v) is 9.77. The molecule has 0 spiro atoms. The van der Waals surface area contributed by atoms with Crippen molar-refractivity contribution in [1.29, 1.82) is 0 Å². The van der Waals surface area contributed by atoms with Gasteiger partial charge in [-0.3, -0.25) is 9.59 Å². The summed E-state index contributed by atoms with van der Waals surface area (Å²) in [6, 6.07) is -0.0633. The molecule has 2 aromatic rings. The van der Waals surface area contributed by atoms with Crippen molar-refractivity contribution in [3.05, 3.63) is 46.9 Å². The van der Waals surface area contributed by atoms with Crippen LogP contribution in [0.2, 0.25) is 0 Å². The molecule has 3 N–H and O–H groups in total. The van der Waals surface area contributed by atoms with Gasteiger partial charge in [0.1, 0.15) is 5.82 Å². The predicted octanol–water partition coefficient (Wildman–Crippen LogP) is 3.02. The van der Waals surface area contributed by atoms with Gasteiger partial charge < -0.3 is 20.3 Å². The second-order valence-electron chi connectivity index (χ2n) is 7.81. The molecule has 1 aromatic carbocycles. The zero-order chi connectivity index (χ0) is 24.1. The lowest BCUT2D eigenvalue weighted by molar-refractivity contribution is -0.132. The van der Waals surface area contributed by atoms with Gasteiger partial charge in [-0.05, 0) is 44.7 Å². The average Bonchev–Trinajstić information content (AvgIpc) is 3.35. The summed E-state index contributed by atoms with van der Waals surface area (Å²) in [6.07, 6.45) is 1.03. The van der Waals surface area contributed by atoms with Gasteiger partial charge in [-0.1, -0.05) is 5.16 Å². The Morgan fingerprint density at radius 1 is 1.34 bits per heavy atom. The quantitative estimate of drug-likeness (QED) is 0.386.